The van der Waals surface area contributed by atoms with Gasteiger partial charge in [0.2, 0.25) is 0 Å². The quantitative estimate of drug-likeness (QED) is 0.731. The van der Waals surface area contributed by atoms with Crippen molar-refractivity contribution >= 4 is 0 Å². The maximum Gasteiger partial charge on any atom is 0.0932 e. The third kappa shape index (κ3) is 7.25. The predicted molar refractivity (Wildman–Crippen MR) is 79.6 cm³/mol. The summed E-state index contributed by atoms with van der Waals surface area (Å²) in [6, 6.07) is 0.707. The molecule has 1 aliphatic rings. The number of methoxy groups -OCH3 is 1. The highest BCUT2D eigenvalue weighted by Crippen LogP contribution is 2.17. The van der Waals surface area contributed by atoms with Crippen molar-refractivity contribution in [3.8, 4) is 0 Å². The minimum absolute atomic E-state index is 0.126. The highest BCUT2D eigenvalue weighted by molar-refractivity contribution is 4.77. The third-order valence-electron chi connectivity index (χ3n) is 3.69. The molecule has 2 atom stereocenters. The van der Waals surface area contributed by atoms with Crippen LogP contribution in [-0.4, -0.2) is 63.0 Å². The monoisotopic (exact) mass is 272 g/mol. The molecule has 0 aromatic heterocycles. The Hall–Kier alpha value is -0.160. The molecule has 1 saturated heterocycles. The summed E-state index contributed by atoms with van der Waals surface area (Å²) in [5.74, 6) is 0. The van der Waals surface area contributed by atoms with Crippen LogP contribution in [0.15, 0.2) is 0 Å². The lowest BCUT2D eigenvalue weighted by Gasteiger charge is -2.26. The van der Waals surface area contributed by atoms with Crippen LogP contribution in [0.5, 0.6) is 0 Å². The molecule has 1 N–H and O–H groups in total. The summed E-state index contributed by atoms with van der Waals surface area (Å²) >= 11 is 0. The summed E-state index contributed by atoms with van der Waals surface area (Å²) in [6.07, 6.45) is 3.92. The first-order chi connectivity index (χ1) is 8.92. The van der Waals surface area contributed by atoms with E-state index in [1.165, 1.54) is 19.4 Å². The second-order valence-electron chi connectivity index (χ2n) is 6.64. The molecular formula is C15H32N2O2. The minimum atomic E-state index is 0.126. The Labute approximate surface area is 118 Å². The van der Waals surface area contributed by atoms with Crippen molar-refractivity contribution in [1.29, 1.82) is 0 Å². The van der Waals surface area contributed by atoms with Crippen molar-refractivity contribution in [3.05, 3.63) is 0 Å². The first kappa shape index (κ1) is 16.9. The molecule has 0 aromatic rings. The fourth-order valence-corrected chi connectivity index (χ4v) is 2.49. The molecule has 19 heavy (non-hydrogen) atoms. The van der Waals surface area contributed by atoms with Gasteiger partial charge in [0, 0.05) is 31.8 Å². The van der Waals surface area contributed by atoms with E-state index in [1.807, 2.05) is 0 Å². The summed E-state index contributed by atoms with van der Waals surface area (Å²) in [6.45, 7) is 10.1. The lowest BCUT2D eigenvalue weighted by atomic mass is 10.1. The van der Waals surface area contributed by atoms with Gasteiger partial charge in [0.1, 0.15) is 0 Å². The molecule has 1 rings (SSSR count). The maximum absolute atomic E-state index is 5.97. The first-order valence-corrected chi connectivity index (χ1v) is 7.48. The lowest BCUT2D eigenvalue weighted by Crippen LogP contribution is -2.43. The van der Waals surface area contributed by atoms with E-state index >= 15 is 0 Å². The molecule has 1 heterocycles. The van der Waals surface area contributed by atoms with E-state index in [9.17, 15) is 0 Å². The SMILES string of the molecule is COCC(CNC(C)(C)C)OCCC1CCCN1C. The standard InChI is InChI=1S/C15H32N2O2/c1-15(2,3)16-11-14(12-18-5)19-10-8-13-7-6-9-17(13)4/h13-14,16H,6-12H2,1-5H3. The van der Waals surface area contributed by atoms with Gasteiger partial charge in [0.05, 0.1) is 12.7 Å². The van der Waals surface area contributed by atoms with E-state index in [1.54, 1.807) is 7.11 Å². The van der Waals surface area contributed by atoms with Gasteiger partial charge in [-0.05, 0) is 53.6 Å². The second kappa shape index (κ2) is 8.20. The Bertz CT molecular complexity index is 241. The molecule has 0 aliphatic carbocycles. The van der Waals surface area contributed by atoms with Crippen molar-refractivity contribution in [2.24, 2.45) is 0 Å². The van der Waals surface area contributed by atoms with Crippen molar-refractivity contribution in [1.82, 2.24) is 10.2 Å². The number of ether oxygens (including phenoxy) is 2. The Morgan fingerprint density at radius 2 is 2.11 bits per heavy atom. The van der Waals surface area contributed by atoms with Crippen LogP contribution in [0.4, 0.5) is 0 Å². The molecule has 0 saturated carbocycles. The van der Waals surface area contributed by atoms with E-state index in [4.69, 9.17) is 9.47 Å². The summed E-state index contributed by atoms with van der Waals surface area (Å²) in [4.78, 5) is 2.45. The summed E-state index contributed by atoms with van der Waals surface area (Å²) in [7, 11) is 3.95. The van der Waals surface area contributed by atoms with Gasteiger partial charge in [-0.15, -0.1) is 0 Å². The van der Waals surface area contributed by atoms with Crippen molar-refractivity contribution in [3.63, 3.8) is 0 Å². The largest absolute Gasteiger partial charge is 0.382 e. The number of nitrogens with one attached hydrogen (secondary N) is 1. The highest BCUT2D eigenvalue weighted by Gasteiger charge is 2.21. The van der Waals surface area contributed by atoms with E-state index in [0.29, 0.717) is 12.6 Å². The van der Waals surface area contributed by atoms with Gasteiger partial charge in [0.15, 0.2) is 0 Å². The van der Waals surface area contributed by atoms with Crippen molar-refractivity contribution in [2.75, 3.05) is 40.5 Å². The van der Waals surface area contributed by atoms with Gasteiger partial charge in [0.25, 0.3) is 0 Å². The zero-order chi connectivity index (χ0) is 14.3. The zero-order valence-corrected chi connectivity index (χ0v) is 13.4. The second-order valence-corrected chi connectivity index (χ2v) is 6.64. The molecule has 114 valence electrons. The Kier molecular flexibility index (Phi) is 7.29. The van der Waals surface area contributed by atoms with Gasteiger partial charge in [-0.25, -0.2) is 0 Å². The Morgan fingerprint density at radius 3 is 2.63 bits per heavy atom. The van der Waals surface area contributed by atoms with Gasteiger partial charge < -0.3 is 19.7 Å². The van der Waals surface area contributed by atoms with E-state index in [0.717, 1.165) is 19.6 Å². The van der Waals surface area contributed by atoms with Crippen molar-refractivity contribution in [2.45, 2.75) is 57.7 Å². The van der Waals surface area contributed by atoms with Crippen LogP contribution in [-0.2, 0) is 9.47 Å². The van der Waals surface area contributed by atoms with Crippen LogP contribution >= 0.6 is 0 Å². The van der Waals surface area contributed by atoms with E-state index in [2.05, 4.69) is 38.0 Å². The topological polar surface area (TPSA) is 33.7 Å². The Morgan fingerprint density at radius 1 is 1.37 bits per heavy atom. The van der Waals surface area contributed by atoms with Crippen LogP contribution in [0.1, 0.15) is 40.0 Å². The highest BCUT2D eigenvalue weighted by atomic mass is 16.5. The molecule has 0 amide bonds. The maximum atomic E-state index is 5.97. The Balaban J connectivity index is 2.21. The number of hydrogen-bond acceptors (Lipinski definition) is 4. The molecule has 0 spiro atoms. The molecule has 0 bridgehead atoms. The molecule has 0 aromatic carbocycles. The van der Waals surface area contributed by atoms with Crippen LogP contribution < -0.4 is 5.32 Å². The zero-order valence-electron chi connectivity index (χ0n) is 13.4. The smallest absolute Gasteiger partial charge is 0.0932 e. The fourth-order valence-electron chi connectivity index (χ4n) is 2.49. The minimum Gasteiger partial charge on any atom is -0.382 e. The molecule has 4 nitrogen and oxygen atoms in total. The molecular weight excluding hydrogens is 240 g/mol. The van der Waals surface area contributed by atoms with Gasteiger partial charge in [-0.2, -0.15) is 0 Å². The third-order valence-corrected chi connectivity index (χ3v) is 3.69. The number of likely N-dealkylation sites (tertiary alicyclic amines) is 1. The van der Waals surface area contributed by atoms with Gasteiger partial charge >= 0.3 is 0 Å². The normalized spacial score (nSPS) is 22.9. The summed E-state index contributed by atoms with van der Waals surface area (Å²) in [5, 5.41) is 3.48. The van der Waals surface area contributed by atoms with E-state index in [-0.39, 0.29) is 11.6 Å². The lowest BCUT2D eigenvalue weighted by molar-refractivity contribution is -0.00938. The van der Waals surface area contributed by atoms with Crippen LogP contribution in [0, 0.1) is 0 Å². The number of nitrogens with zero attached hydrogens (tertiary/aromatic N) is 1. The van der Waals surface area contributed by atoms with Crippen molar-refractivity contribution < 1.29 is 9.47 Å². The fraction of sp³-hybridized carbons (Fsp3) is 1.00. The number of rotatable bonds is 8. The average molecular weight is 272 g/mol. The molecule has 2 unspecified atom stereocenters. The molecule has 1 fully saturated rings. The van der Waals surface area contributed by atoms with Crippen LogP contribution in [0.3, 0.4) is 0 Å². The predicted octanol–water partition coefficient (Wildman–Crippen LogP) is 1.89. The molecule has 0 radical (unpaired) electrons. The molecule has 1 aliphatic heterocycles. The van der Waals surface area contributed by atoms with E-state index < -0.39 is 0 Å². The summed E-state index contributed by atoms with van der Waals surface area (Å²) in [5.41, 5.74) is 0.126. The number of hydrogen-bond donors (Lipinski definition) is 1. The first-order valence-electron chi connectivity index (χ1n) is 7.48. The van der Waals surface area contributed by atoms with Gasteiger partial charge in [-0.1, -0.05) is 0 Å². The summed E-state index contributed by atoms with van der Waals surface area (Å²) < 4.78 is 11.2. The van der Waals surface area contributed by atoms with Crippen LogP contribution in [0.25, 0.3) is 0 Å². The molecule has 4 heteroatoms. The van der Waals surface area contributed by atoms with Crippen LogP contribution in [0.2, 0.25) is 0 Å². The average Bonchev–Trinajstić information content (AvgIpc) is 2.71. The van der Waals surface area contributed by atoms with Gasteiger partial charge in [-0.3, -0.25) is 0 Å².